The van der Waals surface area contributed by atoms with Gasteiger partial charge in [0.15, 0.2) is 0 Å². The third-order valence-electron chi connectivity index (χ3n) is 4.83. The Labute approximate surface area is 207 Å². The number of carbonyl (C=O) groups excluding carboxylic acids is 2. The van der Waals surface area contributed by atoms with Crippen LogP contribution in [0.2, 0.25) is 0 Å². The SMILES string of the molecule is CC.CC.CCN1C(=O)C(Cl)(c2[c-]c(-c3ccccc3)c(C)cc2C)C(=O)N1CC.[W]. The van der Waals surface area contributed by atoms with Crippen molar-refractivity contribution in [2.75, 3.05) is 13.1 Å². The summed E-state index contributed by atoms with van der Waals surface area (Å²) in [5.41, 5.74) is 4.07. The second-order valence-electron chi connectivity index (χ2n) is 6.45. The zero-order valence-corrected chi connectivity index (χ0v) is 23.6. The van der Waals surface area contributed by atoms with E-state index in [1.54, 1.807) is 0 Å². The molecule has 1 fully saturated rings. The Morgan fingerprint density at radius 3 is 1.74 bits per heavy atom. The first-order chi connectivity index (χ1) is 14.4. The Kier molecular flexibility index (Phi) is 12.3. The monoisotopic (exact) mass is 613 g/mol. The third kappa shape index (κ3) is 5.41. The minimum absolute atomic E-state index is 0. The van der Waals surface area contributed by atoms with Crippen LogP contribution in [0.5, 0.6) is 0 Å². The molecule has 1 heterocycles. The zero-order chi connectivity index (χ0) is 23.1. The van der Waals surface area contributed by atoms with Gasteiger partial charge in [-0.3, -0.25) is 9.59 Å². The molecule has 2 aromatic carbocycles. The molecule has 2 amide bonds. The molecule has 0 saturated carbocycles. The molecule has 1 aliphatic rings. The minimum atomic E-state index is -1.76. The van der Waals surface area contributed by atoms with Gasteiger partial charge < -0.3 is 0 Å². The van der Waals surface area contributed by atoms with E-state index in [2.05, 4.69) is 6.07 Å². The van der Waals surface area contributed by atoms with E-state index in [1.165, 1.54) is 10.0 Å². The molecular weight excluding hydrogens is 580 g/mol. The first kappa shape index (κ1) is 29.4. The molecule has 4 nitrogen and oxygen atoms in total. The number of hydrazine groups is 1. The van der Waals surface area contributed by atoms with Crippen LogP contribution in [0.3, 0.4) is 0 Å². The van der Waals surface area contributed by atoms with Crippen LogP contribution < -0.4 is 0 Å². The number of likely N-dealkylation sites (N-methyl/N-ethyl adjacent to an activating group) is 2. The summed E-state index contributed by atoms with van der Waals surface area (Å²) in [6, 6.07) is 15.1. The van der Waals surface area contributed by atoms with Crippen LogP contribution in [0, 0.1) is 19.9 Å². The van der Waals surface area contributed by atoms with Crippen LogP contribution in [0.4, 0.5) is 0 Å². The van der Waals surface area contributed by atoms with Crippen molar-refractivity contribution < 1.29 is 30.7 Å². The van der Waals surface area contributed by atoms with Crippen molar-refractivity contribution in [3.8, 4) is 11.1 Å². The van der Waals surface area contributed by atoms with Gasteiger partial charge in [-0.2, -0.15) is 0 Å². The molecule has 0 bridgehead atoms. The standard InChI is InChI=1S/C21H22ClN2O2.2C2H6.W/c1-5-23-19(25)21(22,20(26)24(23)6-2)18-13-17(14(3)12-15(18)4)16-10-8-7-9-11-16;2*1-2;/h7-12H,5-6H2,1-4H3;2*1-2H3;/q-1;;;. The number of alkyl halides is 1. The molecule has 1 saturated heterocycles. The molecule has 0 aromatic heterocycles. The first-order valence-electron chi connectivity index (χ1n) is 10.8. The van der Waals surface area contributed by atoms with Crippen LogP contribution in [-0.4, -0.2) is 34.9 Å². The molecule has 0 spiro atoms. The molecule has 2 aromatic rings. The molecule has 31 heavy (non-hydrogen) atoms. The van der Waals surface area contributed by atoms with E-state index < -0.39 is 16.7 Å². The van der Waals surface area contributed by atoms with Crippen molar-refractivity contribution in [1.29, 1.82) is 0 Å². The van der Waals surface area contributed by atoms with Crippen molar-refractivity contribution in [2.45, 2.75) is 60.3 Å². The molecule has 0 aliphatic carbocycles. The van der Waals surface area contributed by atoms with Gasteiger partial charge in [0, 0.05) is 34.2 Å². The van der Waals surface area contributed by atoms with Crippen LogP contribution in [0.25, 0.3) is 11.1 Å². The van der Waals surface area contributed by atoms with Crippen LogP contribution >= 0.6 is 11.6 Å². The van der Waals surface area contributed by atoms with Gasteiger partial charge in [-0.15, -0.1) is 28.8 Å². The summed E-state index contributed by atoms with van der Waals surface area (Å²) in [4.78, 5) is 24.3. The normalized spacial score (nSPS) is 14.2. The van der Waals surface area contributed by atoms with E-state index in [-0.39, 0.29) is 21.1 Å². The van der Waals surface area contributed by atoms with Gasteiger partial charge in [0.1, 0.15) is 0 Å². The summed E-state index contributed by atoms with van der Waals surface area (Å²) < 4.78 is 0. The summed E-state index contributed by atoms with van der Waals surface area (Å²) in [6.07, 6.45) is 0. The summed E-state index contributed by atoms with van der Waals surface area (Å²) >= 11 is 6.75. The van der Waals surface area contributed by atoms with Crippen LogP contribution in [0.1, 0.15) is 58.2 Å². The number of amides is 2. The second-order valence-corrected chi connectivity index (χ2v) is 7.02. The maximum absolute atomic E-state index is 13.0. The minimum Gasteiger partial charge on any atom is -0.270 e. The predicted molar refractivity (Wildman–Crippen MR) is 125 cm³/mol. The zero-order valence-electron chi connectivity index (χ0n) is 19.9. The summed E-state index contributed by atoms with van der Waals surface area (Å²) in [5, 5.41) is 2.84. The van der Waals surface area contributed by atoms with E-state index in [9.17, 15) is 9.59 Å². The Bertz CT molecular complexity index is 849. The number of halogens is 1. The molecule has 0 radical (unpaired) electrons. The molecule has 3 rings (SSSR count). The van der Waals surface area contributed by atoms with Crippen molar-refractivity contribution in [1.82, 2.24) is 10.0 Å². The third-order valence-corrected chi connectivity index (χ3v) is 5.34. The van der Waals surface area contributed by atoms with Crippen LogP contribution in [-0.2, 0) is 35.5 Å². The van der Waals surface area contributed by atoms with Gasteiger partial charge in [-0.05, 0) is 13.8 Å². The average molecular weight is 614 g/mol. The maximum Gasteiger partial charge on any atom is 0.275 e. The largest absolute Gasteiger partial charge is 0.275 e. The number of benzene rings is 2. The van der Waals surface area contributed by atoms with E-state index in [1.807, 2.05) is 91.8 Å². The number of rotatable bonds is 4. The average Bonchev–Trinajstić information content (AvgIpc) is 2.97. The van der Waals surface area contributed by atoms with Crippen molar-refractivity contribution in [3.05, 3.63) is 59.2 Å². The van der Waals surface area contributed by atoms with E-state index in [4.69, 9.17) is 11.6 Å². The summed E-state index contributed by atoms with van der Waals surface area (Å²) in [6.45, 7) is 16.3. The van der Waals surface area contributed by atoms with Gasteiger partial charge in [0.25, 0.3) is 11.8 Å². The summed E-state index contributed by atoms with van der Waals surface area (Å²) in [7, 11) is 0. The van der Waals surface area contributed by atoms with E-state index in [0.29, 0.717) is 18.7 Å². The van der Waals surface area contributed by atoms with E-state index >= 15 is 0 Å². The summed E-state index contributed by atoms with van der Waals surface area (Å²) in [5.74, 6) is -0.813. The van der Waals surface area contributed by atoms with E-state index in [0.717, 1.165) is 22.3 Å². The number of nitrogens with zero attached hydrogens (tertiary/aromatic N) is 2. The second kappa shape index (κ2) is 13.0. The Hall–Kier alpha value is -1.64. The number of hydrogen-bond acceptors (Lipinski definition) is 2. The quantitative estimate of drug-likeness (QED) is 0.246. The fourth-order valence-electron chi connectivity index (χ4n) is 3.56. The molecule has 170 valence electrons. The van der Waals surface area contributed by atoms with Gasteiger partial charge in [-0.1, -0.05) is 94.6 Å². The molecular formula is C25H34ClN2O2W-. The molecule has 0 atom stereocenters. The topological polar surface area (TPSA) is 40.6 Å². The molecule has 0 N–H and O–H groups in total. The first-order valence-corrected chi connectivity index (χ1v) is 11.2. The fraction of sp³-hybridized carbons (Fsp3) is 0.440. The fourth-order valence-corrected chi connectivity index (χ4v) is 3.95. The van der Waals surface area contributed by atoms with Crippen molar-refractivity contribution in [3.63, 3.8) is 0 Å². The maximum atomic E-state index is 13.0. The molecule has 6 heteroatoms. The number of hydrogen-bond donors (Lipinski definition) is 0. The number of carbonyl (C=O) groups is 2. The smallest absolute Gasteiger partial charge is 0.270 e. The van der Waals surface area contributed by atoms with Crippen molar-refractivity contribution >= 4 is 23.4 Å². The predicted octanol–water partition coefficient (Wildman–Crippen LogP) is 5.88. The van der Waals surface area contributed by atoms with Crippen molar-refractivity contribution in [2.24, 2.45) is 0 Å². The van der Waals surface area contributed by atoms with Gasteiger partial charge in [-0.25, -0.2) is 10.0 Å². The van der Waals surface area contributed by atoms with Gasteiger partial charge in [0.05, 0.1) is 0 Å². The Balaban J connectivity index is 0.00000170. The molecule has 0 unspecified atom stereocenters. The Morgan fingerprint density at radius 2 is 1.32 bits per heavy atom. The van der Waals surface area contributed by atoms with Gasteiger partial charge in [0.2, 0.25) is 4.87 Å². The van der Waals surface area contributed by atoms with Gasteiger partial charge >= 0.3 is 0 Å². The van der Waals surface area contributed by atoms with Crippen LogP contribution in [0.15, 0.2) is 36.4 Å². The number of aryl methyl sites for hydroxylation is 2. The molecule has 1 aliphatic heterocycles. The Morgan fingerprint density at radius 1 is 0.871 bits per heavy atom.